The smallest absolute Gasteiger partial charge is 0.280 e. The van der Waals surface area contributed by atoms with Crippen molar-refractivity contribution < 1.29 is 13.8 Å². The highest BCUT2D eigenvalue weighted by atomic mass is 16.5. The van der Waals surface area contributed by atoms with Crippen LogP contribution in [0.1, 0.15) is 17.6 Å². The molecule has 0 aliphatic heterocycles. The molecule has 2 heterocycles. The summed E-state index contributed by atoms with van der Waals surface area (Å²) < 4.78 is 15.1. The van der Waals surface area contributed by atoms with Crippen molar-refractivity contribution in [3.8, 4) is 11.6 Å². The number of methoxy groups -OCH3 is 1. The van der Waals surface area contributed by atoms with Crippen LogP contribution < -0.4 is 5.73 Å². The summed E-state index contributed by atoms with van der Waals surface area (Å²) in [4.78, 5) is 6.17. The summed E-state index contributed by atoms with van der Waals surface area (Å²) in [6, 6.07) is 1.39. The van der Waals surface area contributed by atoms with Crippen molar-refractivity contribution in [2.45, 2.75) is 12.6 Å². The van der Waals surface area contributed by atoms with Gasteiger partial charge in [-0.25, -0.2) is 0 Å². The van der Waals surface area contributed by atoms with E-state index in [9.17, 15) is 0 Å². The summed E-state index contributed by atoms with van der Waals surface area (Å²) in [5.41, 5.74) is 6.42. The van der Waals surface area contributed by atoms with E-state index >= 15 is 0 Å². The third-order valence-corrected chi connectivity index (χ3v) is 2.40. The van der Waals surface area contributed by atoms with Crippen molar-refractivity contribution in [2.75, 3.05) is 27.7 Å². The molecule has 8 heteroatoms. The van der Waals surface area contributed by atoms with Gasteiger partial charge in [0.1, 0.15) is 6.61 Å². The number of aromatic nitrogens is 3. The summed E-state index contributed by atoms with van der Waals surface area (Å²) in [5.74, 6) is 1.32. The summed E-state index contributed by atoms with van der Waals surface area (Å²) in [7, 11) is 5.43. The van der Waals surface area contributed by atoms with Gasteiger partial charge < -0.3 is 24.4 Å². The van der Waals surface area contributed by atoms with Crippen molar-refractivity contribution in [1.29, 1.82) is 0 Å². The number of nitrogens with zero attached hydrogens (tertiary/aromatic N) is 4. The van der Waals surface area contributed by atoms with E-state index in [4.69, 9.17) is 19.5 Å². The predicted octanol–water partition coefficient (Wildman–Crippen LogP) is 0.432. The minimum atomic E-state index is -0.308. The highest BCUT2D eigenvalue weighted by Gasteiger charge is 2.18. The number of likely N-dealkylation sites (N-methyl/N-ethyl adjacent to an activating group) is 1. The third kappa shape index (κ3) is 3.37. The second-order valence-corrected chi connectivity index (χ2v) is 4.44. The summed E-state index contributed by atoms with van der Waals surface area (Å²) in [5, 5.41) is 7.69. The third-order valence-electron chi connectivity index (χ3n) is 2.40. The number of nitrogens with two attached hydrogens (primary N) is 1. The van der Waals surface area contributed by atoms with E-state index < -0.39 is 0 Å². The molecule has 0 amide bonds. The lowest BCUT2D eigenvalue weighted by Gasteiger charge is -2.12. The monoisotopic (exact) mass is 267 g/mol. The number of hydrogen-bond donors (Lipinski definition) is 1. The average molecular weight is 267 g/mol. The summed E-state index contributed by atoms with van der Waals surface area (Å²) in [6.45, 7) is 0.973. The average Bonchev–Trinajstić information content (AvgIpc) is 2.95. The topological polar surface area (TPSA) is 103 Å². The Bertz CT molecular complexity index is 522. The Morgan fingerprint density at radius 2 is 2.16 bits per heavy atom. The van der Waals surface area contributed by atoms with Crippen LogP contribution >= 0.6 is 0 Å². The van der Waals surface area contributed by atoms with Crippen molar-refractivity contribution in [3.63, 3.8) is 0 Å². The highest BCUT2D eigenvalue weighted by molar-refractivity contribution is 5.45. The van der Waals surface area contributed by atoms with E-state index in [1.54, 1.807) is 13.2 Å². The predicted molar refractivity (Wildman–Crippen MR) is 66.0 cm³/mol. The maximum Gasteiger partial charge on any atom is 0.280 e. The Kier molecular flexibility index (Phi) is 4.25. The Hall–Kier alpha value is -1.77. The zero-order chi connectivity index (χ0) is 13.8. The molecule has 2 rings (SSSR count). The van der Waals surface area contributed by atoms with Crippen LogP contribution in [0.4, 0.5) is 0 Å². The Morgan fingerprint density at radius 3 is 2.84 bits per heavy atom. The van der Waals surface area contributed by atoms with Gasteiger partial charge in [-0.15, -0.1) is 0 Å². The number of rotatable bonds is 6. The maximum absolute atomic E-state index is 5.95. The standard InChI is InChI=1S/C11H17N5O3/c1-16(2)5-8(12)10-13-11(19-15-10)9-4-7(6-17-3)18-14-9/h4,8H,5-6,12H2,1-3H3. The van der Waals surface area contributed by atoms with Crippen molar-refractivity contribution in [3.05, 3.63) is 17.7 Å². The molecule has 19 heavy (non-hydrogen) atoms. The van der Waals surface area contributed by atoms with Gasteiger partial charge in [-0.3, -0.25) is 0 Å². The highest BCUT2D eigenvalue weighted by Crippen LogP contribution is 2.19. The second-order valence-electron chi connectivity index (χ2n) is 4.44. The molecule has 1 unspecified atom stereocenters. The summed E-state index contributed by atoms with van der Waals surface area (Å²) >= 11 is 0. The van der Waals surface area contributed by atoms with Gasteiger partial charge in [-0.1, -0.05) is 10.3 Å². The molecule has 0 saturated heterocycles. The molecule has 2 aromatic rings. The van der Waals surface area contributed by atoms with Crippen LogP contribution in [0.25, 0.3) is 11.6 Å². The molecule has 8 nitrogen and oxygen atoms in total. The van der Waals surface area contributed by atoms with E-state index in [0.29, 0.717) is 30.4 Å². The van der Waals surface area contributed by atoms with E-state index in [1.807, 2.05) is 19.0 Å². The molecule has 0 bridgehead atoms. The zero-order valence-electron chi connectivity index (χ0n) is 11.2. The Balaban J connectivity index is 2.11. The molecule has 104 valence electrons. The van der Waals surface area contributed by atoms with Crippen molar-refractivity contribution >= 4 is 0 Å². The van der Waals surface area contributed by atoms with Crippen LogP contribution in [0.15, 0.2) is 15.1 Å². The molecular weight excluding hydrogens is 250 g/mol. The van der Waals surface area contributed by atoms with Crippen LogP contribution in [0.3, 0.4) is 0 Å². The molecule has 2 aromatic heterocycles. The first kappa shape index (κ1) is 13.7. The van der Waals surface area contributed by atoms with Crippen molar-refractivity contribution in [2.24, 2.45) is 5.73 Å². The van der Waals surface area contributed by atoms with Gasteiger partial charge in [0, 0.05) is 19.7 Å². The van der Waals surface area contributed by atoms with Crippen LogP contribution in [0, 0.1) is 0 Å². The lowest BCUT2D eigenvalue weighted by atomic mass is 10.3. The normalized spacial score (nSPS) is 13.1. The fraction of sp³-hybridized carbons (Fsp3) is 0.545. The van der Waals surface area contributed by atoms with Crippen LogP contribution in [-0.2, 0) is 11.3 Å². The van der Waals surface area contributed by atoms with Gasteiger partial charge in [-0.05, 0) is 14.1 Å². The first-order valence-electron chi connectivity index (χ1n) is 5.79. The first-order valence-corrected chi connectivity index (χ1v) is 5.79. The van der Waals surface area contributed by atoms with Gasteiger partial charge in [0.15, 0.2) is 17.3 Å². The van der Waals surface area contributed by atoms with Gasteiger partial charge in [0.25, 0.3) is 5.89 Å². The Labute approximate surface area is 110 Å². The summed E-state index contributed by atoms with van der Waals surface area (Å²) in [6.07, 6.45) is 0. The van der Waals surface area contributed by atoms with Crippen LogP contribution in [0.5, 0.6) is 0 Å². The lowest BCUT2D eigenvalue weighted by Crippen LogP contribution is -2.26. The van der Waals surface area contributed by atoms with Gasteiger partial charge in [0.2, 0.25) is 0 Å². The number of hydrogen-bond acceptors (Lipinski definition) is 8. The fourth-order valence-electron chi connectivity index (χ4n) is 1.59. The van der Waals surface area contributed by atoms with E-state index in [1.165, 1.54) is 0 Å². The van der Waals surface area contributed by atoms with Crippen LogP contribution in [0.2, 0.25) is 0 Å². The molecule has 0 spiro atoms. The van der Waals surface area contributed by atoms with E-state index in [2.05, 4.69) is 15.3 Å². The molecule has 0 aromatic carbocycles. The minimum Gasteiger partial charge on any atom is -0.377 e. The molecule has 0 radical (unpaired) electrons. The van der Waals surface area contributed by atoms with Gasteiger partial charge in [-0.2, -0.15) is 4.98 Å². The maximum atomic E-state index is 5.95. The van der Waals surface area contributed by atoms with E-state index in [0.717, 1.165) is 0 Å². The van der Waals surface area contributed by atoms with Gasteiger partial charge in [0.05, 0.1) is 6.04 Å². The SMILES string of the molecule is COCc1cc(-c2nc(C(N)CN(C)C)no2)no1. The zero-order valence-corrected chi connectivity index (χ0v) is 11.2. The fourth-order valence-corrected chi connectivity index (χ4v) is 1.59. The van der Waals surface area contributed by atoms with Crippen molar-refractivity contribution in [1.82, 2.24) is 20.2 Å². The molecular formula is C11H17N5O3. The number of ether oxygens (including phenoxy) is 1. The molecule has 0 aliphatic rings. The Morgan fingerprint density at radius 1 is 1.37 bits per heavy atom. The van der Waals surface area contributed by atoms with Gasteiger partial charge >= 0.3 is 0 Å². The molecule has 0 aliphatic carbocycles. The lowest BCUT2D eigenvalue weighted by molar-refractivity contribution is 0.156. The molecule has 0 fully saturated rings. The second kappa shape index (κ2) is 5.91. The molecule has 2 N–H and O–H groups in total. The molecule has 1 atom stereocenters. The van der Waals surface area contributed by atoms with E-state index in [-0.39, 0.29) is 11.9 Å². The minimum absolute atomic E-state index is 0.287. The molecule has 0 saturated carbocycles. The quantitative estimate of drug-likeness (QED) is 0.803. The van der Waals surface area contributed by atoms with Crippen LogP contribution in [-0.4, -0.2) is 47.9 Å². The largest absolute Gasteiger partial charge is 0.377 e. The first-order chi connectivity index (χ1) is 9.10.